The van der Waals surface area contributed by atoms with E-state index in [2.05, 4.69) is 15.5 Å². The van der Waals surface area contributed by atoms with Gasteiger partial charge in [-0.05, 0) is 40.6 Å². The van der Waals surface area contributed by atoms with E-state index in [1.54, 1.807) is 29.7 Å². The maximum Gasteiger partial charge on any atom is 0.251 e. The lowest BCUT2D eigenvalue weighted by molar-refractivity contribution is 0.0951. The first-order valence-corrected chi connectivity index (χ1v) is 8.72. The zero-order valence-electron chi connectivity index (χ0n) is 11.9. The maximum absolute atomic E-state index is 12.2. The van der Waals surface area contributed by atoms with Crippen molar-refractivity contribution < 1.29 is 9.32 Å². The van der Waals surface area contributed by atoms with Crippen LogP contribution in [-0.4, -0.2) is 16.0 Å². The molecule has 0 bridgehead atoms. The summed E-state index contributed by atoms with van der Waals surface area (Å²) in [5, 5.41) is 14.5. The van der Waals surface area contributed by atoms with Gasteiger partial charge in [-0.2, -0.15) is 11.3 Å². The Hall–Kier alpha value is -2.51. The van der Waals surface area contributed by atoms with E-state index in [9.17, 15) is 4.79 Å². The minimum Gasteiger partial charge on any atom is -0.356 e. The third-order valence-corrected chi connectivity index (χ3v) is 4.91. The number of aromatic nitrogens is 2. The van der Waals surface area contributed by atoms with Crippen molar-refractivity contribution >= 4 is 39.5 Å². The van der Waals surface area contributed by atoms with Crippen LogP contribution in [0.4, 0.5) is 0 Å². The van der Waals surface area contributed by atoms with Crippen molar-refractivity contribution in [2.24, 2.45) is 0 Å². The van der Waals surface area contributed by atoms with Crippen LogP contribution in [0.25, 0.3) is 21.7 Å². The van der Waals surface area contributed by atoms with Crippen molar-refractivity contribution in [3.63, 3.8) is 0 Å². The Morgan fingerprint density at radius 3 is 3.00 bits per heavy atom. The number of rotatable bonds is 4. The highest BCUT2D eigenvalue weighted by Crippen LogP contribution is 2.29. The molecule has 1 amide bonds. The third-order valence-electron chi connectivity index (χ3n) is 3.40. The molecule has 114 valence electrons. The summed E-state index contributed by atoms with van der Waals surface area (Å²) in [6, 6.07) is 7.33. The van der Waals surface area contributed by atoms with E-state index in [1.807, 2.05) is 28.3 Å². The number of amides is 1. The van der Waals surface area contributed by atoms with E-state index >= 15 is 0 Å². The Labute approximate surface area is 139 Å². The van der Waals surface area contributed by atoms with Gasteiger partial charge < -0.3 is 9.84 Å². The van der Waals surface area contributed by atoms with Crippen LogP contribution in [-0.2, 0) is 6.54 Å². The number of fused-ring (bicyclic) bond motifs is 1. The number of nitrogens with zero attached hydrogens (tertiary/aromatic N) is 2. The van der Waals surface area contributed by atoms with Crippen LogP contribution in [0.2, 0.25) is 0 Å². The lowest BCUT2D eigenvalue weighted by Crippen LogP contribution is -2.22. The molecule has 0 aliphatic carbocycles. The van der Waals surface area contributed by atoms with Crippen LogP contribution >= 0.6 is 22.7 Å². The first-order valence-electron chi connectivity index (χ1n) is 6.90. The molecule has 0 spiro atoms. The summed E-state index contributed by atoms with van der Waals surface area (Å²) in [7, 11) is 0. The van der Waals surface area contributed by atoms with Gasteiger partial charge in [-0.3, -0.25) is 4.79 Å². The van der Waals surface area contributed by atoms with Gasteiger partial charge in [0.1, 0.15) is 10.7 Å². The predicted molar refractivity (Wildman–Crippen MR) is 90.6 cm³/mol. The minimum absolute atomic E-state index is 0.134. The fourth-order valence-electron chi connectivity index (χ4n) is 2.25. The fourth-order valence-corrected chi connectivity index (χ4v) is 3.55. The Morgan fingerprint density at radius 1 is 1.26 bits per heavy atom. The van der Waals surface area contributed by atoms with Gasteiger partial charge in [0.25, 0.3) is 5.91 Å². The van der Waals surface area contributed by atoms with Crippen molar-refractivity contribution in [2.45, 2.75) is 6.54 Å². The van der Waals surface area contributed by atoms with E-state index in [0.717, 1.165) is 16.0 Å². The molecule has 4 rings (SSSR count). The van der Waals surface area contributed by atoms with Gasteiger partial charge in [-0.25, -0.2) is 4.98 Å². The molecule has 3 heterocycles. The summed E-state index contributed by atoms with van der Waals surface area (Å²) in [6.07, 6.45) is 1.73. The molecule has 0 fully saturated rings. The molecule has 0 aliphatic heterocycles. The fraction of sp³-hybridized carbons (Fsp3) is 0.0625. The number of hydrogen-bond donors (Lipinski definition) is 1. The molecule has 0 aliphatic rings. The van der Waals surface area contributed by atoms with Gasteiger partial charge in [-0.15, -0.1) is 11.3 Å². The summed E-state index contributed by atoms with van der Waals surface area (Å²) in [4.78, 5) is 16.5. The number of thiazole rings is 1. The number of benzene rings is 1. The lowest BCUT2D eigenvalue weighted by Gasteiger charge is -2.03. The largest absolute Gasteiger partial charge is 0.356 e. The molecule has 0 saturated heterocycles. The van der Waals surface area contributed by atoms with Gasteiger partial charge in [0, 0.05) is 23.7 Å². The Balaban J connectivity index is 1.58. The highest BCUT2D eigenvalue weighted by Gasteiger charge is 2.15. The number of hydrogen-bond acceptors (Lipinski definition) is 6. The van der Waals surface area contributed by atoms with Crippen LogP contribution in [0.15, 0.2) is 51.1 Å². The van der Waals surface area contributed by atoms with Gasteiger partial charge >= 0.3 is 0 Å². The van der Waals surface area contributed by atoms with Crippen LogP contribution in [0.5, 0.6) is 0 Å². The molecule has 5 nitrogen and oxygen atoms in total. The topological polar surface area (TPSA) is 68.0 Å². The van der Waals surface area contributed by atoms with Crippen molar-refractivity contribution in [2.75, 3.05) is 0 Å². The second kappa shape index (κ2) is 5.94. The van der Waals surface area contributed by atoms with Gasteiger partial charge in [0.15, 0.2) is 5.58 Å². The molecule has 0 unspecified atom stereocenters. The van der Waals surface area contributed by atoms with Crippen molar-refractivity contribution in [3.8, 4) is 10.7 Å². The first kappa shape index (κ1) is 14.1. The van der Waals surface area contributed by atoms with E-state index in [0.29, 0.717) is 23.4 Å². The highest BCUT2D eigenvalue weighted by molar-refractivity contribution is 7.13. The van der Waals surface area contributed by atoms with Crippen LogP contribution < -0.4 is 5.32 Å². The smallest absolute Gasteiger partial charge is 0.251 e. The second-order valence-corrected chi connectivity index (χ2v) is 6.57. The Morgan fingerprint density at radius 2 is 2.22 bits per heavy atom. The molecule has 4 aromatic rings. The zero-order chi connectivity index (χ0) is 15.6. The molecule has 0 radical (unpaired) electrons. The van der Waals surface area contributed by atoms with Crippen LogP contribution in [0, 0.1) is 0 Å². The maximum atomic E-state index is 12.2. The quantitative estimate of drug-likeness (QED) is 0.610. The average Bonchev–Trinajstić information content (AvgIpc) is 3.31. The first-order chi connectivity index (χ1) is 11.3. The van der Waals surface area contributed by atoms with E-state index in [1.165, 1.54) is 11.3 Å². The summed E-state index contributed by atoms with van der Waals surface area (Å²) < 4.78 is 5.35. The van der Waals surface area contributed by atoms with Crippen LogP contribution in [0.1, 0.15) is 15.9 Å². The minimum atomic E-state index is -0.134. The normalized spacial score (nSPS) is 11.0. The van der Waals surface area contributed by atoms with Gasteiger partial charge in [0.2, 0.25) is 0 Å². The summed E-state index contributed by atoms with van der Waals surface area (Å²) in [6.45, 7) is 0.515. The third kappa shape index (κ3) is 2.76. The van der Waals surface area contributed by atoms with Crippen molar-refractivity contribution in [3.05, 3.63) is 57.7 Å². The number of thiophene rings is 1. The standard InChI is InChI=1S/C16H11N3O2S2/c20-15(18-8-10-3-5-22-9-10)11-1-2-12-13(7-11)21-19-14(12)16-17-4-6-23-16/h1-7,9H,8H2,(H,18,20). The molecular formula is C16H11N3O2S2. The van der Waals surface area contributed by atoms with E-state index in [-0.39, 0.29) is 5.91 Å². The van der Waals surface area contributed by atoms with Gasteiger partial charge in [-0.1, -0.05) is 5.16 Å². The van der Waals surface area contributed by atoms with Crippen LogP contribution in [0.3, 0.4) is 0 Å². The summed E-state index contributed by atoms with van der Waals surface area (Å²) in [5.41, 5.74) is 2.93. The summed E-state index contributed by atoms with van der Waals surface area (Å²) in [5.74, 6) is -0.134. The lowest BCUT2D eigenvalue weighted by atomic mass is 10.1. The average molecular weight is 341 g/mol. The number of carbonyl (C=O) groups excluding carboxylic acids is 1. The van der Waals surface area contributed by atoms with Crippen molar-refractivity contribution in [1.29, 1.82) is 0 Å². The molecule has 7 heteroatoms. The monoisotopic (exact) mass is 341 g/mol. The van der Waals surface area contributed by atoms with Gasteiger partial charge in [0.05, 0.1) is 5.39 Å². The predicted octanol–water partition coefficient (Wildman–Crippen LogP) is 3.94. The molecule has 1 N–H and O–H groups in total. The molecule has 1 aromatic carbocycles. The Bertz CT molecular complexity index is 943. The number of nitrogens with one attached hydrogen (secondary N) is 1. The summed E-state index contributed by atoms with van der Waals surface area (Å²) >= 11 is 3.11. The molecule has 0 atom stereocenters. The van der Waals surface area contributed by atoms with Crippen molar-refractivity contribution in [1.82, 2.24) is 15.5 Å². The molecule has 3 aromatic heterocycles. The SMILES string of the molecule is O=C(NCc1ccsc1)c1ccc2c(-c3nccs3)noc2c1. The number of carbonyl (C=O) groups is 1. The van der Waals surface area contributed by atoms with E-state index < -0.39 is 0 Å². The highest BCUT2D eigenvalue weighted by atomic mass is 32.1. The molecular weight excluding hydrogens is 330 g/mol. The zero-order valence-corrected chi connectivity index (χ0v) is 13.5. The molecule has 0 saturated carbocycles. The van der Waals surface area contributed by atoms with E-state index in [4.69, 9.17) is 4.52 Å². The Kier molecular flexibility index (Phi) is 3.64. The molecule has 23 heavy (non-hydrogen) atoms. The second-order valence-electron chi connectivity index (χ2n) is 4.89.